The molecule has 1 rings (SSSR count). The fourth-order valence-electron chi connectivity index (χ4n) is 1.89. The van der Waals surface area contributed by atoms with E-state index in [2.05, 4.69) is 73.1 Å². The van der Waals surface area contributed by atoms with Gasteiger partial charge in [-0.15, -0.1) is 0 Å². The highest BCUT2D eigenvalue weighted by Gasteiger charge is 2.50. The third-order valence-electron chi connectivity index (χ3n) is 4.07. The van der Waals surface area contributed by atoms with E-state index in [1.165, 1.54) is 0 Å². The molecule has 0 aromatic heterocycles. The molecule has 0 aromatic rings. The Hall–Kier alpha value is 0.274. The summed E-state index contributed by atoms with van der Waals surface area (Å²) in [5, 5.41) is 0. The average molecular weight is 232 g/mol. The van der Waals surface area contributed by atoms with Gasteiger partial charge in [-0.25, -0.2) is 0 Å². The fourth-order valence-corrected chi connectivity index (χ4v) is 8.60. The lowest BCUT2D eigenvalue weighted by molar-refractivity contribution is 0.0630. The number of hydrazine groups is 2. The molecule has 1 aliphatic heterocycles. The molecule has 6 heteroatoms. The molecule has 84 valence electrons. The normalized spacial score (nSPS) is 30.9. The van der Waals surface area contributed by atoms with Crippen molar-refractivity contribution in [3.05, 3.63) is 0 Å². The van der Waals surface area contributed by atoms with Crippen LogP contribution in [-0.2, 0) is 0 Å². The van der Waals surface area contributed by atoms with Gasteiger partial charge in [-0.1, -0.05) is 0 Å². The Kier molecular flexibility index (Phi) is 2.99. The molecule has 0 amide bonds. The van der Waals surface area contributed by atoms with E-state index in [-0.39, 0.29) is 0 Å². The molecule has 0 spiro atoms. The highest BCUT2D eigenvalue weighted by molar-refractivity contribution is 6.79. The lowest BCUT2D eigenvalue weighted by atomic mass is 11.3. The van der Waals surface area contributed by atoms with Gasteiger partial charge < -0.3 is 0 Å². The first-order valence-electron chi connectivity index (χ1n) is 5.08. The van der Waals surface area contributed by atoms with Gasteiger partial charge in [-0.05, 0) is 54.4 Å². The first-order chi connectivity index (χ1) is 6.13. The van der Waals surface area contributed by atoms with Gasteiger partial charge in [-0.3, -0.25) is 18.7 Å². The number of rotatable bonds is 0. The number of nitrogens with zero attached hydrogens (tertiary/aromatic N) is 4. The summed E-state index contributed by atoms with van der Waals surface area (Å²) in [6, 6.07) is 0. The quantitative estimate of drug-likeness (QED) is 0.577. The zero-order chi connectivity index (χ0) is 11.3. The monoisotopic (exact) mass is 232 g/mol. The second-order valence-electron chi connectivity index (χ2n) is 5.08. The molecule has 0 atom stereocenters. The van der Waals surface area contributed by atoms with Crippen molar-refractivity contribution >= 4 is 16.8 Å². The molecule has 1 saturated heterocycles. The van der Waals surface area contributed by atoms with Gasteiger partial charge in [0.05, 0.1) is 0 Å². The molecule has 1 fully saturated rings. The lowest BCUT2D eigenvalue weighted by Gasteiger charge is -2.61. The lowest BCUT2D eigenvalue weighted by Crippen LogP contribution is -2.82. The van der Waals surface area contributed by atoms with Crippen molar-refractivity contribution in [2.75, 3.05) is 28.2 Å². The van der Waals surface area contributed by atoms with Crippen LogP contribution >= 0.6 is 0 Å². The molecule has 0 saturated carbocycles. The van der Waals surface area contributed by atoms with Crippen LogP contribution in [0.1, 0.15) is 0 Å². The van der Waals surface area contributed by atoms with E-state index in [0.717, 1.165) is 0 Å². The smallest absolute Gasteiger partial charge is 0.226 e. The van der Waals surface area contributed by atoms with Crippen molar-refractivity contribution in [2.45, 2.75) is 26.2 Å². The zero-order valence-electron chi connectivity index (χ0n) is 10.8. The first-order valence-corrected chi connectivity index (χ1v) is 10.9. The maximum Gasteiger partial charge on any atom is 0.226 e. The third kappa shape index (κ3) is 1.50. The summed E-state index contributed by atoms with van der Waals surface area (Å²) < 4.78 is 9.89. The van der Waals surface area contributed by atoms with Crippen LogP contribution in [0.15, 0.2) is 0 Å². The Labute approximate surface area is 90.3 Å². The van der Waals surface area contributed by atoms with Crippen molar-refractivity contribution in [1.82, 2.24) is 18.7 Å². The Morgan fingerprint density at radius 2 is 0.643 bits per heavy atom. The van der Waals surface area contributed by atoms with E-state index in [1.807, 2.05) is 0 Å². The minimum absolute atomic E-state index is 1.46. The van der Waals surface area contributed by atoms with E-state index >= 15 is 0 Å². The van der Waals surface area contributed by atoms with E-state index in [0.29, 0.717) is 0 Å². The Balaban J connectivity index is 3.07. The molecular weight excluding hydrogens is 208 g/mol. The summed E-state index contributed by atoms with van der Waals surface area (Å²) in [4.78, 5) is 0. The fraction of sp³-hybridized carbons (Fsp3) is 1.00. The van der Waals surface area contributed by atoms with Crippen molar-refractivity contribution in [2.24, 2.45) is 0 Å². The molecular formula is C8H24N4Si2. The molecule has 0 N–H and O–H groups in total. The topological polar surface area (TPSA) is 13.0 Å². The highest BCUT2D eigenvalue weighted by atomic mass is 28.4. The van der Waals surface area contributed by atoms with Crippen molar-refractivity contribution < 1.29 is 0 Å². The van der Waals surface area contributed by atoms with Crippen LogP contribution in [0.2, 0.25) is 26.2 Å². The standard InChI is InChI=1S/C8H24N4Si2/c1-9-10(2)14(7,8)12(4)11(3)13(9,5)6/h1-8H3. The minimum Gasteiger partial charge on any atom is -0.255 e. The Bertz CT molecular complexity index is 187. The molecule has 0 bridgehead atoms. The van der Waals surface area contributed by atoms with Gasteiger partial charge in [0.15, 0.2) is 0 Å². The molecule has 1 aliphatic rings. The largest absolute Gasteiger partial charge is 0.255 e. The SMILES string of the molecule is CN1N(C)[Si](C)(C)N(C)N(C)[Si]1(C)C. The summed E-state index contributed by atoms with van der Waals surface area (Å²) in [6.07, 6.45) is 0. The zero-order valence-corrected chi connectivity index (χ0v) is 12.8. The minimum atomic E-state index is -1.46. The maximum absolute atomic E-state index is 2.47. The van der Waals surface area contributed by atoms with Gasteiger partial charge in [0.25, 0.3) is 0 Å². The van der Waals surface area contributed by atoms with E-state index in [9.17, 15) is 0 Å². The van der Waals surface area contributed by atoms with Crippen LogP contribution in [0, 0.1) is 0 Å². The van der Waals surface area contributed by atoms with Crippen LogP contribution in [-0.4, -0.2) is 63.7 Å². The van der Waals surface area contributed by atoms with Crippen LogP contribution in [0.3, 0.4) is 0 Å². The second kappa shape index (κ2) is 3.39. The van der Waals surface area contributed by atoms with Crippen LogP contribution in [0.5, 0.6) is 0 Å². The molecule has 0 aliphatic carbocycles. The highest BCUT2D eigenvalue weighted by Crippen LogP contribution is 2.28. The predicted molar refractivity (Wildman–Crippen MR) is 66.0 cm³/mol. The molecule has 4 nitrogen and oxygen atoms in total. The van der Waals surface area contributed by atoms with Gasteiger partial charge in [-0.2, -0.15) is 0 Å². The average Bonchev–Trinajstić information content (AvgIpc) is 2.11. The molecule has 14 heavy (non-hydrogen) atoms. The van der Waals surface area contributed by atoms with Gasteiger partial charge >= 0.3 is 0 Å². The van der Waals surface area contributed by atoms with E-state index in [1.54, 1.807) is 0 Å². The van der Waals surface area contributed by atoms with E-state index < -0.39 is 16.8 Å². The summed E-state index contributed by atoms with van der Waals surface area (Å²) in [5.41, 5.74) is 0. The van der Waals surface area contributed by atoms with Crippen molar-refractivity contribution in [3.63, 3.8) is 0 Å². The summed E-state index contributed by atoms with van der Waals surface area (Å²) in [5.74, 6) is 0. The predicted octanol–water partition coefficient (Wildman–Crippen LogP) is 0.961. The third-order valence-corrected chi connectivity index (χ3v) is 12.0. The molecule has 1 heterocycles. The second-order valence-corrected chi connectivity index (χ2v) is 13.6. The van der Waals surface area contributed by atoms with Gasteiger partial charge in [0.2, 0.25) is 16.8 Å². The summed E-state index contributed by atoms with van der Waals surface area (Å²) >= 11 is 0. The Morgan fingerprint density at radius 1 is 0.500 bits per heavy atom. The van der Waals surface area contributed by atoms with Crippen LogP contribution in [0.25, 0.3) is 0 Å². The molecule has 0 unspecified atom stereocenters. The number of hydrogen-bond acceptors (Lipinski definition) is 4. The molecule has 0 aromatic carbocycles. The van der Waals surface area contributed by atoms with Gasteiger partial charge in [0, 0.05) is 0 Å². The summed E-state index contributed by atoms with van der Waals surface area (Å²) in [6.45, 7) is 9.51. The van der Waals surface area contributed by atoms with Crippen LogP contribution in [0.4, 0.5) is 0 Å². The van der Waals surface area contributed by atoms with Gasteiger partial charge in [0.1, 0.15) is 0 Å². The van der Waals surface area contributed by atoms with Crippen molar-refractivity contribution in [3.8, 4) is 0 Å². The Morgan fingerprint density at radius 3 is 0.786 bits per heavy atom. The first kappa shape index (κ1) is 12.3. The number of hydrogen-bond donors (Lipinski definition) is 0. The van der Waals surface area contributed by atoms with E-state index in [4.69, 9.17) is 0 Å². The summed E-state index contributed by atoms with van der Waals surface area (Å²) in [7, 11) is 5.99. The van der Waals surface area contributed by atoms with Crippen molar-refractivity contribution in [1.29, 1.82) is 0 Å². The molecule has 0 radical (unpaired) electrons. The maximum atomic E-state index is 2.47. The van der Waals surface area contributed by atoms with Crippen LogP contribution < -0.4 is 0 Å².